The number of carbonyl (C=O) groups excluding carboxylic acids is 1. The van der Waals surface area contributed by atoms with E-state index in [1.807, 2.05) is 55.5 Å². The van der Waals surface area contributed by atoms with E-state index in [1.165, 1.54) is 6.08 Å². The second kappa shape index (κ2) is 6.99. The number of esters is 1. The first-order valence-corrected chi connectivity index (χ1v) is 8.40. The molecule has 4 heteroatoms. The molecule has 0 unspecified atom stereocenters. The number of halogens is 1. The van der Waals surface area contributed by atoms with Gasteiger partial charge in [-0.1, -0.05) is 59.6 Å². The zero-order valence-electron chi connectivity index (χ0n) is 12.6. The number of aryl methyl sites for hydroxylation is 1. The van der Waals surface area contributed by atoms with E-state index in [0.29, 0.717) is 5.02 Å². The lowest BCUT2D eigenvalue weighted by Crippen LogP contribution is -2.00. The van der Waals surface area contributed by atoms with Gasteiger partial charge in [0.05, 0.1) is 5.02 Å². The minimum Gasteiger partial charge on any atom is -0.458 e. The number of ether oxygens (including phenoxy) is 1. The van der Waals surface area contributed by atoms with Crippen LogP contribution in [-0.4, -0.2) is 5.97 Å². The number of hydrogen-bond donors (Lipinski definition) is 0. The molecule has 1 heterocycles. The summed E-state index contributed by atoms with van der Waals surface area (Å²) in [4.78, 5) is 12.7. The highest BCUT2D eigenvalue weighted by atomic mass is 35.5. The maximum absolute atomic E-state index is 11.9. The highest BCUT2D eigenvalue weighted by Crippen LogP contribution is 2.35. The Morgan fingerprint density at radius 3 is 2.83 bits per heavy atom. The Morgan fingerprint density at radius 1 is 1.22 bits per heavy atom. The summed E-state index contributed by atoms with van der Waals surface area (Å²) in [5.41, 5.74) is 2.12. The number of hydrogen-bond acceptors (Lipinski definition) is 3. The molecule has 3 aromatic rings. The van der Waals surface area contributed by atoms with Crippen LogP contribution < -0.4 is 0 Å². The number of benzene rings is 2. The molecule has 23 heavy (non-hydrogen) atoms. The van der Waals surface area contributed by atoms with Gasteiger partial charge in [0.25, 0.3) is 0 Å². The lowest BCUT2D eigenvalue weighted by molar-refractivity contribution is -0.138. The molecule has 116 valence electrons. The van der Waals surface area contributed by atoms with Crippen molar-refractivity contribution in [2.45, 2.75) is 13.5 Å². The fourth-order valence-electron chi connectivity index (χ4n) is 2.29. The highest BCUT2D eigenvalue weighted by Gasteiger charge is 2.08. The van der Waals surface area contributed by atoms with Crippen molar-refractivity contribution >= 4 is 45.1 Å². The molecule has 0 aliphatic rings. The normalized spacial score (nSPS) is 11.2. The van der Waals surface area contributed by atoms with Crippen molar-refractivity contribution < 1.29 is 9.53 Å². The molecule has 0 saturated heterocycles. The molecule has 0 fully saturated rings. The Morgan fingerprint density at radius 2 is 2.04 bits per heavy atom. The zero-order chi connectivity index (χ0) is 16.2. The van der Waals surface area contributed by atoms with Crippen LogP contribution >= 0.6 is 22.9 Å². The maximum Gasteiger partial charge on any atom is 0.331 e. The van der Waals surface area contributed by atoms with Crippen molar-refractivity contribution in [3.63, 3.8) is 0 Å². The van der Waals surface area contributed by atoms with Crippen LogP contribution in [0.3, 0.4) is 0 Å². The van der Waals surface area contributed by atoms with E-state index in [1.54, 1.807) is 17.4 Å². The first-order chi connectivity index (χ1) is 11.1. The quantitative estimate of drug-likeness (QED) is 0.454. The molecule has 0 aliphatic heterocycles. The molecule has 2 aromatic carbocycles. The summed E-state index contributed by atoms with van der Waals surface area (Å²) in [5, 5.41) is 1.68. The van der Waals surface area contributed by atoms with Crippen LogP contribution in [0.25, 0.3) is 16.2 Å². The fraction of sp³-hybridized carbons (Fsp3) is 0.105. The molecule has 1 aromatic heterocycles. The first-order valence-electron chi connectivity index (χ1n) is 7.21. The van der Waals surface area contributed by atoms with Gasteiger partial charge in [0.1, 0.15) is 6.61 Å². The molecule has 0 bridgehead atoms. The Labute approximate surface area is 144 Å². The van der Waals surface area contributed by atoms with E-state index in [4.69, 9.17) is 16.3 Å². The summed E-state index contributed by atoms with van der Waals surface area (Å²) < 4.78 is 6.36. The summed E-state index contributed by atoms with van der Waals surface area (Å²) in [7, 11) is 0. The number of thiophene rings is 1. The van der Waals surface area contributed by atoms with E-state index in [2.05, 4.69) is 0 Å². The van der Waals surface area contributed by atoms with Gasteiger partial charge in [0.2, 0.25) is 0 Å². The van der Waals surface area contributed by atoms with Crippen LogP contribution in [0.1, 0.15) is 16.0 Å². The van der Waals surface area contributed by atoms with Crippen LogP contribution in [0.4, 0.5) is 0 Å². The number of carbonyl (C=O) groups is 1. The van der Waals surface area contributed by atoms with Crippen LogP contribution in [-0.2, 0) is 16.1 Å². The molecule has 0 aliphatic carbocycles. The van der Waals surface area contributed by atoms with Crippen molar-refractivity contribution in [1.82, 2.24) is 0 Å². The Kier molecular flexibility index (Phi) is 4.79. The topological polar surface area (TPSA) is 26.3 Å². The molecular formula is C19H15ClO2S. The van der Waals surface area contributed by atoms with Crippen molar-refractivity contribution in [3.8, 4) is 0 Å². The summed E-state index contributed by atoms with van der Waals surface area (Å²) in [5.74, 6) is -0.375. The Hall–Kier alpha value is -2.10. The van der Waals surface area contributed by atoms with Crippen molar-refractivity contribution in [3.05, 3.63) is 75.6 Å². The number of fused-ring (bicyclic) bond motifs is 1. The van der Waals surface area contributed by atoms with Crippen molar-refractivity contribution in [2.75, 3.05) is 0 Å². The summed E-state index contributed by atoms with van der Waals surface area (Å²) in [6.45, 7) is 2.28. The van der Waals surface area contributed by atoms with Gasteiger partial charge >= 0.3 is 5.97 Å². The molecule has 0 radical (unpaired) electrons. The van der Waals surface area contributed by atoms with Crippen LogP contribution in [0.5, 0.6) is 0 Å². The van der Waals surface area contributed by atoms with Gasteiger partial charge in [-0.05, 0) is 24.6 Å². The predicted molar refractivity (Wildman–Crippen MR) is 96.8 cm³/mol. The Balaban J connectivity index is 1.67. The zero-order valence-corrected chi connectivity index (χ0v) is 14.2. The molecule has 0 saturated carbocycles. The third-order valence-electron chi connectivity index (χ3n) is 3.39. The van der Waals surface area contributed by atoms with E-state index in [-0.39, 0.29) is 12.6 Å². The molecule has 3 rings (SSSR count). The fourth-order valence-corrected chi connectivity index (χ4v) is 3.69. The molecule has 0 amide bonds. The lowest BCUT2D eigenvalue weighted by Gasteiger charge is -2.03. The van der Waals surface area contributed by atoms with Crippen molar-refractivity contribution in [2.24, 2.45) is 0 Å². The smallest absolute Gasteiger partial charge is 0.331 e. The Bertz CT molecular complexity index is 880. The molecule has 2 nitrogen and oxygen atoms in total. The summed E-state index contributed by atoms with van der Waals surface area (Å²) in [6.07, 6.45) is 3.14. The minimum atomic E-state index is -0.375. The summed E-state index contributed by atoms with van der Waals surface area (Å²) >= 11 is 7.89. The third-order valence-corrected chi connectivity index (χ3v) is 5.05. The molecular weight excluding hydrogens is 328 g/mol. The van der Waals surface area contributed by atoms with Gasteiger partial charge in [0, 0.05) is 21.0 Å². The standard InChI is InChI=1S/C19H15ClO2S/c1-13-5-4-6-14(11-13)12-22-18(21)10-9-17-19(20)15-7-2-3-8-16(15)23-17/h2-11H,12H2,1H3/b10-9+. The van der Waals surface area contributed by atoms with Gasteiger partial charge in [-0.3, -0.25) is 0 Å². The second-order valence-electron chi connectivity index (χ2n) is 5.21. The largest absolute Gasteiger partial charge is 0.458 e. The van der Waals surface area contributed by atoms with Gasteiger partial charge in [-0.25, -0.2) is 4.79 Å². The SMILES string of the molecule is Cc1cccc(COC(=O)/C=C/c2sc3ccccc3c2Cl)c1. The highest BCUT2D eigenvalue weighted by molar-refractivity contribution is 7.20. The van der Waals surface area contributed by atoms with E-state index in [0.717, 1.165) is 26.1 Å². The van der Waals surface area contributed by atoms with Crippen LogP contribution in [0, 0.1) is 6.92 Å². The average Bonchev–Trinajstić information content (AvgIpc) is 2.88. The van der Waals surface area contributed by atoms with Gasteiger partial charge in [0.15, 0.2) is 0 Å². The predicted octanol–water partition coefficient (Wildman–Crippen LogP) is 5.62. The van der Waals surface area contributed by atoms with Crippen LogP contribution in [0.15, 0.2) is 54.6 Å². The molecule has 0 atom stereocenters. The van der Waals surface area contributed by atoms with Crippen LogP contribution in [0.2, 0.25) is 5.02 Å². The van der Waals surface area contributed by atoms with Gasteiger partial charge < -0.3 is 4.74 Å². The van der Waals surface area contributed by atoms with Gasteiger partial charge in [-0.15, -0.1) is 11.3 Å². The monoisotopic (exact) mass is 342 g/mol. The van der Waals surface area contributed by atoms with E-state index < -0.39 is 0 Å². The number of rotatable bonds is 4. The molecule has 0 spiro atoms. The summed E-state index contributed by atoms with van der Waals surface area (Å²) in [6, 6.07) is 15.8. The van der Waals surface area contributed by atoms with E-state index in [9.17, 15) is 4.79 Å². The van der Waals surface area contributed by atoms with Gasteiger partial charge in [-0.2, -0.15) is 0 Å². The second-order valence-corrected chi connectivity index (χ2v) is 6.67. The lowest BCUT2D eigenvalue weighted by atomic mass is 10.1. The average molecular weight is 343 g/mol. The maximum atomic E-state index is 11.9. The minimum absolute atomic E-state index is 0.269. The molecule has 0 N–H and O–H groups in total. The third kappa shape index (κ3) is 3.81. The van der Waals surface area contributed by atoms with E-state index >= 15 is 0 Å². The van der Waals surface area contributed by atoms with Crippen molar-refractivity contribution in [1.29, 1.82) is 0 Å². The first kappa shape index (κ1) is 15.8.